The zero-order valence-electron chi connectivity index (χ0n) is 11.1. The number of hydrogen-bond acceptors (Lipinski definition) is 2. The van der Waals surface area contributed by atoms with Crippen molar-refractivity contribution < 1.29 is 8.78 Å². The molecule has 0 saturated heterocycles. The zero-order chi connectivity index (χ0) is 14.0. The predicted molar refractivity (Wildman–Crippen MR) is 71.6 cm³/mol. The van der Waals surface area contributed by atoms with Crippen LogP contribution in [0.1, 0.15) is 25.3 Å². The Labute approximate surface area is 111 Å². The van der Waals surface area contributed by atoms with Crippen LogP contribution >= 0.6 is 0 Å². The van der Waals surface area contributed by atoms with E-state index in [-0.39, 0.29) is 11.1 Å². The minimum absolute atomic E-state index is 0.107. The normalized spacial score (nSPS) is 10.9. The Morgan fingerprint density at radius 2 is 2.00 bits per heavy atom. The van der Waals surface area contributed by atoms with E-state index in [9.17, 15) is 8.78 Å². The van der Waals surface area contributed by atoms with E-state index in [0.717, 1.165) is 31.5 Å². The van der Waals surface area contributed by atoms with Crippen molar-refractivity contribution in [3.05, 3.63) is 35.5 Å². The molecule has 0 atom stereocenters. The minimum Gasteiger partial charge on any atom is -0.396 e. The van der Waals surface area contributed by atoms with Gasteiger partial charge < -0.3 is 5.73 Å². The molecule has 19 heavy (non-hydrogen) atoms. The number of unbranched alkanes of at least 4 members (excludes halogenated alkanes) is 1. The maximum absolute atomic E-state index is 13.9. The first kappa shape index (κ1) is 13.5. The van der Waals surface area contributed by atoms with E-state index < -0.39 is 11.6 Å². The number of anilines is 1. The molecule has 0 bridgehead atoms. The van der Waals surface area contributed by atoms with E-state index in [1.54, 1.807) is 10.9 Å². The van der Waals surface area contributed by atoms with Crippen molar-refractivity contribution in [1.29, 1.82) is 0 Å². The molecule has 0 aliphatic heterocycles. The standard InChI is InChI=1S/C14H17F2N3/c1-3-4-5-19-8-13(17)14(18-19)10-7-11(15)9(2)6-12(10)16/h6-8H,3-5,17H2,1-2H3. The molecule has 0 saturated carbocycles. The molecule has 3 nitrogen and oxygen atoms in total. The van der Waals surface area contributed by atoms with Crippen LogP contribution in [0.3, 0.4) is 0 Å². The highest BCUT2D eigenvalue weighted by atomic mass is 19.1. The third-order valence-corrected chi connectivity index (χ3v) is 3.03. The lowest BCUT2D eigenvalue weighted by Gasteiger charge is -2.04. The fraction of sp³-hybridized carbons (Fsp3) is 0.357. The summed E-state index contributed by atoms with van der Waals surface area (Å²) in [5, 5.41) is 4.23. The van der Waals surface area contributed by atoms with Crippen molar-refractivity contribution in [1.82, 2.24) is 9.78 Å². The van der Waals surface area contributed by atoms with E-state index in [1.807, 2.05) is 0 Å². The van der Waals surface area contributed by atoms with Gasteiger partial charge in [0.15, 0.2) is 0 Å². The first-order valence-corrected chi connectivity index (χ1v) is 6.32. The fourth-order valence-corrected chi connectivity index (χ4v) is 1.91. The van der Waals surface area contributed by atoms with Gasteiger partial charge in [0.05, 0.1) is 5.69 Å². The molecule has 0 radical (unpaired) electrons. The van der Waals surface area contributed by atoms with Gasteiger partial charge in [0, 0.05) is 18.3 Å². The third kappa shape index (κ3) is 2.75. The third-order valence-electron chi connectivity index (χ3n) is 3.03. The van der Waals surface area contributed by atoms with Crippen molar-refractivity contribution in [2.45, 2.75) is 33.2 Å². The Morgan fingerprint density at radius 3 is 2.68 bits per heavy atom. The quantitative estimate of drug-likeness (QED) is 0.919. The fourth-order valence-electron chi connectivity index (χ4n) is 1.91. The lowest BCUT2D eigenvalue weighted by atomic mass is 10.1. The van der Waals surface area contributed by atoms with Gasteiger partial charge in [-0.05, 0) is 31.0 Å². The van der Waals surface area contributed by atoms with Crippen LogP contribution in [0.5, 0.6) is 0 Å². The minimum atomic E-state index is -0.508. The molecular formula is C14H17F2N3. The molecule has 5 heteroatoms. The lowest BCUT2D eigenvalue weighted by molar-refractivity contribution is 0.570. The largest absolute Gasteiger partial charge is 0.396 e. The highest BCUT2D eigenvalue weighted by Gasteiger charge is 2.15. The molecule has 0 aliphatic carbocycles. The average Bonchev–Trinajstić information content (AvgIpc) is 2.72. The Bertz CT molecular complexity index is 591. The van der Waals surface area contributed by atoms with Crippen molar-refractivity contribution >= 4 is 5.69 Å². The topological polar surface area (TPSA) is 43.8 Å². The van der Waals surface area contributed by atoms with Crippen LogP contribution in [0.25, 0.3) is 11.3 Å². The summed E-state index contributed by atoms with van der Waals surface area (Å²) >= 11 is 0. The maximum atomic E-state index is 13.9. The van der Waals surface area contributed by atoms with E-state index >= 15 is 0 Å². The molecule has 1 aromatic carbocycles. The van der Waals surface area contributed by atoms with Gasteiger partial charge in [-0.2, -0.15) is 5.10 Å². The van der Waals surface area contributed by atoms with E-state index in [4.69, 9.17) is 5.73 Å². The van der Waals surface area contributed by atoms with Crippen molar-refractivity contribution in [3.63, 3.8) is 0 Å². The van der Waals surface area contributed by atoms with Crippen molar-refractivity contribution in [2.75, 3.05) is 5.73 Å². The van der Waals surface area contributed by atoms with Gasteiger partial charge >= 0.3 is 0 Å². The van der Waals surface area contributed by atoms with E-state index in [2.05, 4.69) is 12.0 Å². The first-order chi connectivity index (χ1) is 9.02. The molecule has 2 N–H and O–H groups in total. The molecular weight excluding hydrogens is 248 g/mol. The highest BCUT2D eigenvalue weighted by Crippen LogP contribution is 2.28. The Balaban J connectivity index is 2.41. The number of aromatic nitrogens is 2. The van der Waals surface area contributed by atoms with Crippen molar-refractivity contribution in [3.8, 4) is 11.3 Å². The van der Waals surface area contributed by atoms with E-state index in [1.165, 1.54) is 6.92 Å². The van der Waals surface area contributed by atoms with Crippen LogP contribution in [-0.2, 0) is 6.54 Å². The van der Waals surface area contributed by atoms with Crippen LogP contribution in [0, 0.1) is 18.6 Å². The summed E-state index contributed by atoms with van der Waals surface area (Å²) in [6, 6.07) is 2.31. The van der Waals surface area contributed by atoms with Crippen LogP contribution in [0.15, 0.2) is 18.3 Å². The molecule has 102 valence electrons. The Hall–Kier alpha value is -1.91. The molecule has 0 spiro atoms. The number of benzene rings is 1. The van der Waals surface area contributed by atoms with Crippen LogP contribution in [0.4, 0.5) is 14.5 Å². The van der Waals surface area contributed by atoms with Gasteiger partial charge in [-0.15, -0.1) is 0 Å². The van der Waals surface area contributed by atoms with Gasteiger partial charge in [-0.25, -0.2) is 8.78 Å². The number of aryl methyl sites for hydroxylation is 2. The van der Waals surface area contributed by atoms with Gasteiger partial charge in [0.2, 0.25) is 0 Å². The second-order valence-electron chi connectivity index (χ2n) is 4.63. The summed E-state index contributed by atoms with van der Waals surface area (Å²) in [6.45, 7) is 4.31. The maximum Gasteiger partial charge on any atom is 0.133 e. The average molecular weight is 265 g/mol. The molecule has 0 fully saturated rings. The number of nitrogens with two attached hydrogens (primary N) is 1. The summed E-state index contributed by atoms with van der Waals surface area (Å²) in [5.41, 5.74) is 6.86. The smallest absolute Gasteiger partial charge is 0.133 e. The summed E-state index contributed by atoms with van der Waals surface area (Å²) in [4.78, 5) is 0. The second kappa shape index (κ2) is 5.38. The summed E-state index contributed by atoms with van der Waals surface area (Å²) in [6.07, 6.45) is 3.65. The van der Waals surface area contributed by atoms with Gasteiger partial charge in [0.1, 0.15) is 17.3 Å². The number of nitrogen functional groups attached to an aromatic ring is 1. The molecule has 0 aliphatic rings. The number of hydrogen-bond donors (Lipinski definition) is 1. The second-order valence-corrected chi connectivity index (χ2v) is 4.63. The zero-order valence-corrected chi connectivity index (χ0v) is 11.1. The van der Waals surface area contributed by atoms with Crippen LogP contribution in [0.2, 0.25) is 0 Å². The lowest BCUT2D eigenvalue weighted by Crippen LogP contribution is -1.99. The molecule has 0 unspecified atom stereocenters. The van der Waals surface area contributed by atoms with Crippen molar-refractivity contribution in [2.24, 2.45) is 0 Å². The van der Waals surface area contributed by atoms with Gasteiger partial charge in [0.25, 0.3) is 0 Å². The van der Waals surface area contributed by atoms with E-state index in [0.29, 0.717) is 11.4 Å². The molecule has 0 amide bonds. The molecule has 1 aromatic heterocycles. The SMILES string of the molecule is CCCCn1cc(N)c(-c2cc(F)c(C)cc2F)n1. The number of halogens is 2. The Kier molecular flexibility index (Phi) is 3.83. The predicted octanol–water partition coefficient (Wildman–Crippen LogP) is 3.52. The van der Waals surface area contributed by atoms with Crippen LogP contribution in [-0.4, -0.2) is 9.78 Å². The number of rotatable bonds is 4. The summed E-state index contributed by atoms with van der Waals surface area (Å²) in [5.74, 6) is -0.967. The number of nitrogens with zero attached hydrogens (tertiary/aromatic N) is 2. The summed E-state index contributed by atoms with van der Waals surface area (Å²) < 4.78 is 29.1. The van der Waals surface area contributed by atoms with Gasteiger partial charge in [-0.3, -0.25) is 4.68 Å². The molecule has 1 heterocycles. The first-order valence-electron chi connectivity index (χ1n) is 6.32. The van der Waals surface area contributed by atoms with Gasteiger partial charge in [-0.1, -0.05) is 13.3 Å². The monoisotopic (exact) mass is 265 g/mol. The summed E-state index contributed by atoms with van der Waals surface area (Å²) in [7, 11) is 0. The Morgan fingerprint density at radius 1 is 1.26 bits per heavy atom. The highest BCUT2D eigenvalue weighted by molar-refractivity contribution is 5.72. The molecule has 2 aromatic rings. The molecule has 2 rings (SSSR count). The van der Waals surface area contributed by atoms with Crippen LogP contribution < -0.4 is 5.73 Å².